The first-order valence-corrected chi connectivity index (χ1v) is 7.65. The maximum atomic E-state index is 12.1. The fraction of sp³-hybridized carbons (Fsp3) is 0.231. The SMILES string of the molecule is Cn1nccc1S(=O)(=O)NCc1ccccc1CC(=O)O. The van der Waals surface area contributed by atoms with Crippen LogP contribution < -0.4 is 4.72 Å². The van der Waals surface area contributed by atoms with E-state index in [2.05, 4.69) is 9.82 Å². The molecule has 0 atom stereocenters. The van der Waals surface area contributed by atoms with Gasteiger partial charge in [0.25, 0.3) is 10.0 Å². The molecule has 1 aromatic heterocycles. The number of hydrogen-bond donors (Lipinski definition) is 2. The maximum absolute atomic E-state index is 12.1. The van der Waals surface area contributed by atoms with Crippen LogP contribution in [0.2, 0.25) is 0 Å². The van der Waals surface area contributed by atoms with Crippen molar-refractivity contribution in [1.29, 1.82) is 0 Å². The molecule has 0 bridgehead atoms. The number of carboxylic acids is 1. The van der Waals surface area contributed by atoms with Gasteiger partial charge in [-0.2, -0.15) is 5.10 Å². The van der Waals surface area contributed by atoms with E-state index in [0.717, 1.165) is 0 Å². The summed E-state index contributed by atoms with van der Waals surface area (Å²) in [5.74, 6) is -0.961. The zero-order chi connectivity index (χ0) is 15.5. The predicted molar refractivity (Wildman–Crippen MR) is 75.0 cm³/mol. The van der Waals surface area contributed by atoms with Crippen molar-refractivity contribution in [2.24, 2.45) is 7.05 Å². The van der Waals surface area contributed by atoms with Gasteiger partial charge in [-0.3, -0.25) is 9.48 Å². The predicted octanol–water partition coefficient (Wildman–Crippen LogP) is 0.526. The van der Waals surface area contributed by atoms with Crippen molar-refractivity contribution < 1.29 is 18.3 Å². The van der Waals surface area contributed by atoms with Crippen molar-refractivity contribution in [3.63, 3.8) is 0 Å². The van der Waals surface area contributed by atoms with E-state index in [4.69, 9.17) is 5.11 Å². The van der Waals surface area contributed by atoms with Crippen LogP contribution in [0.3, 0.4) is 0 Å². The number of aryl methyl sites for hydroxylation is 1. The van der Waals surface area contributed by atoms with Crippen LogP contribution in [0.5, 0.6) is 0 Å². The standard InChI is InChI=1S/C13H15N3O4S/c1-16-12(6-7-14-16)21(19,20)15-9-11-5-3-2-4-10(11)8-13(17)18/h2-7,15H,8-9H2,1H3,(H,17,18). The van der Waals surface area contributed by atoms with Crippen LogP contribution in [-0.2, 0) is 34.8 Å². The number of aliphatic carboxylic acids is 1. The van der Waals surface area contributed by atoms with Gasteiger partial charge in [0, 0.05) is 13.6 Å². The van der Waals surface area contributed by atoms with Crippen LogP contribution in [0.4, 0.5) is 0 Å². The molecule has 1 heterocycles. The molecular weight excluding hydrogens is 294 g/mol. The lowest BCUT2D eigenvalue weighted by Crippen LogP contribution is -2.26. The molecule has 0 saturated carbocycles. The maximum Gasteiger partial charge on any atom is 0.307 e. The Balaban J connectivity index is 2.17. The van der Waals surface area contributed by atoms with Gasteiger partial charge in [-0.15, -0.1) is 0 Å². The first-order valence-electron chi connectivity index (χ1n) is 6.16. The van der Waals surface area contributed by atoms with E-state index >= 15 is 0 Å². The quantitative estimate of drug-likeness (QED) is 0.810. The van der Waals surface area contributed by atoms with E-state index in [9.17, 15) is 13.2 Å². The van der Waals surface area contributed by atoms with E-state index in [1.807, 2.05) is 0 Å². The fourth-order valence-electron chi connectivity index (χ4n) is 1.94. The second kappa shape index (κ2) is 6.06. The number of carboxylic acid groups (broad SMARTS) is 1. The minimum Gasteiger partial charge on any atom is -0.481 e. The summed E-state index contributed by atoms with van der Waals surface area (Å²) in [6.07, 6.45) is 1.25. The number of nitrogens with zero attached hydrogens (tertiary/aromatic N) is 2. The summed E-state index contributed by atoms with van der Waals surface area (Å²) < 4.78 is 28.0. The Hall–Kier alpha value is -2.19. The number of nitrogens with one attached hydrogen (secondary N) is 1. The monoisotopic (exact) mass is 309 g/mol. The van der Waals surface area contributed by atoms with Gasteiger partial charge in [0.2, 0.25) is 0 Å². The molecule has 8 heteroatoms. The van der Waals surface area contributed by atoms with Crippen LogP contribution in [0.15, 0.2) is 41.6 Å². The fourth-order valence-corrected chi connectivity index (χ4v) is 3.07. The van der Waals surface area contributed by atoms with Gasteiger partial charge in [0.15, 0.2) is 5.03 Å². The number of rotatable bonds is 6. The van der Waals surface area contributed by atoms with Crippen LogP contribution >= 0.6 is 0 Å². The van der Waals surface area contributed by atoms with Crippen LogP contribution in [0, 0.1) is 0 Å². The Labute approximate surface area is 122 Å². The summed E-state index contributed by atoms with van der Waals surface area (Å²) >= 11 is 0. The molecule has 21 heavy (non-hydrogen) atoms. The van der Waals surface area contributed by atoms with E-state index in [0.29, 0.717) is 11.1 Å². The molecule has 2 N–H and O–H groups in total. The van der Waals surface area contributed by atoms with Crippen LogP contribution in [0.1, 0.15) is 11.1 Å². The molecule has 112 valence electrons. The number of sulfonamides is 1. The van der Waals surface area contributed by atoms with Gasteiger partial charge < -0.3 is 5.11 Å². The van der Waals surface area contributed by atoms with Gasteiger partial charge in [0.05, 0.1) is 12.6 Å². The molecule has 0 saturated heterocycles. The molecule has 2 aromatic rings. The second-order valence-electron chi connectivity index (χ2n) is 4.46. The van der Waals surface area contributed by atoms with E-state index < -0.39 is 16.0 Å². The van der Waals surface area contributed by atoms with Crippen molar-refractivity contribution in [2.45, 2.75) is 18.0 Å². The molecule has 0 unspecified atom stereocenters. The van der Waals surface area contributed by atoms with Crippen molar-refractivity contribution >= 4 is 16.0 Å². The average molecular weight is 309 g/mol. The van der Waals surface area contributed by atoms with Gasteiger partial charge in [-0.1, -0.05) is 24.3 Å². The number of carbonyl (C=O) groups is 1. The minimum absolute atomic E-state index is 0.0248. The smallest absolute Gasteiger partial charge is 0.307 e. The second-order valence-corrected chi connectivity index (χ2v) is 6.17. The number of hydrogen-bond acceptors (Lipinski definition) is 4. The summed E-state index contributed by atoms with van der Waals surface area (Å²) in [4.78, 5) is 10.8. The molecule has 0 aliphatic heterocycles. The Morgan fingerprint density at radius 2 is 1.95 bits per heavy atom. The van der Waals surface area contributed by atoms with Gasteiger partial charge in [-0.25, -0.2) is 13.1 Å². The third-order valence-electron chi connectivity index (χ3n) is 2.96. The Morgan fingerprint density at radius 1 is 1.29 bits per heavy atom. The first-order chi connectivity index (χ1) is 9.90. The van der Waals surface area contributed by atoms with Gasteiger partial charge in [0.1, 0.15) is 0 Å². The molecule has 7 nitrogen and oxygen atoms in total. The average Bonchev–Trinajstić information content (AvgIpc) is 2.84. The van der Waals surface area contributed by atoms with E-state index in [1.165, 1.54) is 24.0 Å². The highest BCUT2D eigenvalue weighted by Crippen LogP contribution is 2.12. The zero-order valence-corrected chi connectivity index (χ0v) is 12.2. The first kappa shape index (κ1) is 15.2. The van der Waals surface area contributed by atoms with Crippen molar-refractivity contribution in [3.05, 3.63) is 47.7 Å². The number of benzene rings is 1. The summed E-state index contributed by atoms with van der Waals surface area (Å²) in [7, 11) is -2.15. The molecular formula is C13H15N3O4S. The topological polar surface area (TPSA) is 101 Å². The molecule has 0 aliphatic rings. The highest BCUT2D eigenvalue weighted by Gasteiger charge is 2.18. The zero-order valence-electron chi connectivity index (χ0n) is 11.4. The number of aromatic nitrogens is 2. The lowest BCUT2D eigenvalue weighted by atomic mass is 10.1. The molecule has 0 fully saturated rings. The molecule has 0 radical (unpaired) electrons. The Bertz CT molecular complexity index is 752. The van der Waals surface area contributed by atoms with Crippen LogP contribution in [0.25, 0.3) is 0 Å². The lowest BCUT2D eigenvalue weighted by Gasteiger charge is -2.10. The summed E-state index contributed by atoms with van der Waals surface area (Å²) in [6, 6.07) is 8.22. The van der Waals surface area contributed by atoms with Gasteiger partial charge in [-0.05, 0) is 17.2 Å². The molecule has 1 aromatic carbocycles. The van der Waals surface area contributed by atoms with E-state index in [1.54, 1.807) is 24.3 Å². The summed E-state index contributed by atoms with van der Waals surface area (Å²) in [5, 5.41) is 12.7. The molecule has 0 aliphatic carbocycles. The van der Waals surface area contributed by atoms with Crippen LogP contribution in [-0.4, -0.2) is 29.3 Å². The highest BCUT2D eigenvalue weighted by molar-refractivity contribution is 7.89. The third kappa shape index (κ3) is 3.67. The normalized spacial score (nSPS) is 11.5. The summed E-state index contributed by atoms with van der Waals surface area (Å²) in [5.41, 5.74) is 1.21. The Morgan fingerprint density at radius 3 is 2.52 bits per heavy atom. The molecule has 0 spiro atoms. The highest BCUT2D eigenvalue weighted by atomic mass is 32.2. The molecule has 2 rings (SSSR count). The van der Waals surface area contributed by atoms with Crippen molar-refractivity contribution in [2.75, 3.05) is 0 Å². The van der Waals surface area contributed by atoms with Crippen molar-refractivity contribution in [1.82, 2.24) is 14.5 Å². The molecule has 0 amide bonds. The summed E-state index contributed by atoms with van der Waals surface area (Å²) in [6.45, 7) is 0.0248. The third-order valence-corrected chi connectivity index (χ3v) is 4.44. The minimum atomic E-state index is -3.69. The van der Waals surface area contributed by atoms with Gasteiger partial charge >= 0.3 is 5.97 Å². The van der Waals surface area contributed by atoms with Crippen molar-refractivity contribution in [3.8, 4) is 0 Å². The lowest BCUT2D eigenvalue weighted by molar-refractivity contribution is -0.136. The Kier molecular flexibility index (Phi) is 4.39. The largest absolute Gasteiger partial charge is 0.481 e. The van der Waals surface area contributed by atoms with E-state index in [-0.39, 0.29) is 18.0 Å².